The van der Waals surface area contributed by atoms with Gasteiger partial charge in [-0.1, -0.05) is 11.6 Å². The first-order valence-electron chi connectivity index (χ1n) is 7.92. The number of amides is 1. The van der Waals surface area contributed by atoms with E-state index in [4.69, 9.17) is 4.74 Å². The molecule has 0 fully saturated rings. The molecule has 128 valence electrons. The number of hydrogen-bond acceptors (Lipinski definition) is 4. The van der Waals surface area contributed by atoms with E-state index in [0.717, 1.165) is 5.56 Å². The maximum atomic E-state index is 12.4. The third-order valence-corrected chi connectivity index (χ3v) is 3.69. The minimum Gasteiger partial charge on any atom is -0.496 e. The third kappa shape index (κ3) is 4.94. The number of nitrogens with one attached hydrogen (secondary N) is 1. The molecule has 0 aliphatic carbocycles. The monoisotopic (exact) mass is 329 g/mol. The van der Waals surface area contributed by atoms with Gasteiger partial charge >= 0.3 is 0 Å². The van der Waals surface area contributed by atoms with Gasteiger partial charge in [-0.05, 0) is 26.0 Å². The maximum absolute atomic E-state index is 12.4. The van der Waals surface area contributed by atoms with E-state index in [1.54, 1.807) is 24.7 Å². The Balaban J connectivity index is 1.85. The van der Waals surface area contributed by atoms with Crippen LogP contribution in [0.4, 0.5) is 0 Å². The molecule has 1 N–H and O–H groups in total. The molecular formula is C18H23N3O3. The highest BCUT2D eigenvalue weighted by molar-refractivity contribution is 6.00. The molecule has 0 bridgehead atoms. The Morgan fingerprint density at radius 1 is 1.33 bits per heavy atom. The lowest BCUT2D eigenvalue weighted by atomic mass is 10.0. The van der Waals surface area contributed by atoms with E-state index in [0.29, 0.717) is 17.9 Å². The molecule has 0 spiro atoms. The summed E-state index contributed by atoms with van der Waals surface area (Å²) in [5.74, 6) is 0.315. The first-order chi connectivity index (χ1) is 11.5. The zero-order valence-corrected chi connectivity index (χ0v) is 14.3. The molecule has 1 atom stereocenters. The molecule has 0 saturated carbocycles. The zero-order chi connectivity index (χ0) is 17.5. The summed E-state index contributed by atoms with van der Waals surface area (Å²) in [5, 5.41) is 2.89. The molecule has 2 aromatic rings. The summed E-state index contributed by atoms with van der Waals surface area (Å²) >= 11 is 0. The topological polar surface area (TPSA) is 73.2 Å². The Morgan fingerprint density at radius 2 is 2.12 bits per heavy atom. The Kier molecular flexibility index (Phi) is 6.12. The molecule has 1 aromatic carbocycles. The molecule has 1 heterocycles. The van der Waals surface area contributed by atoms with Crippen molar-refractivity contribution >= 4 is 11.7 Å². The largest absolute Gasteiger partial charge is 0.496 e. The predicted octanol–water partition coefficient (Wildman–Crippen LogP) is 2.37. The number of imidazole rings is 1. The standard InChI is InChI=1S/C18H23N3O3/c1-13-4-6-17(24-3)15(10-13)16(22)5-7-18(23)20-14(2)11-21-9-8-19-12-21/h4,6,8-10,12,14H,5,7,11H2,1-3H3,(H,20,23)/t14-/m1/s1. The first kappa shape index (κ1) is 17.7. The molecule has 0 radical (unpaired) electrons. The van der Waals surface area contributed by atoms with Gasteiger partial charge in [-0.25, -0.2) is 4.98 Å². The molecule has 24 heavy (non-hydrogen) atoms. The summed E-state index contributed by atoms with van der Waals surface area (Å²) in [6.45, 7) is 4.48. The Hall–Kier alpha value is -2.63. The van der Waals surface area contributed by atoms with E-state index in [-0.39, 0.29) is 30.6 Å². The third-order valence-electron chi connectivity index (χ3n) is 3.69. The molecule has 0 saturated heterocycles. The van der Waals surface area contributed by atoms with E-state index in [9.17, 15) is 9.59 Å². The molecule has 0 unspecified atom stereocenters. The quantitative estimate of drug-likeness (QED) is 0.755. The smallest absolute Gasteiger partial charge is 0.220 e. The molecule has 6 nitrogen and oxygen atoms in total. The number of nitrogens with zero attached hydrogens (tertiary/aromatic N) is 2. The number of aromatic nitrogens is 2. The second kappa shape index (κ2) is 8.29. The van der Waals surface area contributed by atoms with Crippen molar-refractivity contribution in [2.45, 2.75) is 39.3 Å². The number of methoxy groups -OCH3 is 1. The number of Topliss-reactive ketones (excluding diaryl/α,β-unsaturated/α-hetero) is 1. The predicted molar refractivity (Wildman–Crippen MR) is 91.1 cm³/mol. The van der Waals surface area contributed by atoms with Gasteiger partial charge in [0.05, 0.1) is 19.0 Å². The number of aryl methyl sites for hydroxylation is 1. The second-order valence-electron chi connectivity index (χ2n) is 5.85. The van der Waals surface area contributed by atoms with Gasteiger partial charge in [-0.2, -0.15) is 0 Å². The van der Waals surface area contributed by atoms with Crippen LogP contribution in [-0.2, 0) is 11.3 Å². The van der Waals surface area contributed by atoms with E-state index in [2.05, 4.69) is 10.3 Å². The lowest BCUT2D eigenvalue weighted by Gasteiger charge is -2.14. The molecular weight excluding hydrogens is 306 g/mol. The fourth-order valence-corrected chi connectivity index (χ4v) is 2.51. The minimum absolute atomic E-state index is 0.0321. The molecule has 1 amide bonds. The summed E-state index contributed by atoms with van der Waals surface area (Å²) in [5.41, 5.74) is 1.51. The van der Waals surface area contributed by atoms with E-state index in [1.165, 1.54) is 7.11 Å². The summed E-state index contributed by atoms with van der Waals surface area (Å²) in [4.78, 5) is 28.3. The van der Waals surface area contributed by atoms with Crippen molar-refractivity contribution in [2.24, 2.45) is 0 Å². The highest BCUT2D eigenvalue weighted by atomic mass is 16.5. The van der Waals surface area contributed by atoms with Crippen LogP contribution in [0.3, 0.4) is 0 Å². The number of carbonyl (C=O) groups is 2. The van der Waals surface area contributed by atoms with Gasteiger partial charge in [0, 0.05) is 37.8 Å². The average Bonchev–Trinajstić information content (AvgIpc) is 3.05. The minimum atomic E-state index is -0.136. The SMILES string of the molecule is COc1ccc(C)cc1C(=O)CCC(=O)N[C@H](C)Cn1ccnc1. The molecule has 6 heteroatoms. The lowest BCUT2D eigenvalue weighted by Crippen LogP contribution is -2.35. The van der Waals surface area contributed by atoms with Crippen LogP contribution in [0.2, 0.25) is 0 Å². The number of ketones is 1. The van der Waals surface area contributed by atoms with E-state index in [1.807, 2.05) is 30.7 Å². The van der Waals surface area contributed by atoms with Gasteiger partial charge in [-0.3, -0.25) is 9.59 Å². The fraction of sp³-hybridized carbons (Fsp3) is 0.389. The molecule has 2 rings (SSSR count). The van der Waals surface area contributed by atoms with Crippen molar-refractivity contribution in [1.29, 1.82) is 0 Å². The number of benzene rings is 1. The van der Waals surface area contributed by atoms with Crippen LogP contribution in [0.25, 0.3) is 0 Å². The second-order valence-corrected chi connectivity index (χ2v) is 5.85. The van der Waals surface area contributed by atoms with E-state index >= 15 is 0 Å². The Labute approximate surface area is 141 Å². The van der Waals surface area contributed by atoms with Gasteiger partial charge < -0.3 is 14.6 Å². The Morgan fingerprint density at radius 3 is 2.79 bits per heavy atom. The van der Waals surface area contributed by atoms with Crippen LogP contribution in [0.1, 0.15) is 35.7 Å². The normalized spacial score (nSPS) is 11.8. The van der Waals surface area contributed by atoms with Crippen LogP contribution in [0, 0.1) is 6.92 Å². The lowest BCUT2D eigenvalue weighted by molar-refractivity contribution is -0.121. The maximum Gasteiger partial charge on any atom is 0.220 e. The number of rotatable bonds is 8. The average molecular weight is 329 g/mol. The summed E-state index contributed by atoms with van der Waals surface area (Å²) in [6, 6.07) is 5.42. The van der Waals surface area contributed by atoms with Gasteiger partial charge in [0.25, 0.3) is 0 Å². The molecule has 0 aliphatic rings. The van der Waals surface area contributed by atoms with Crippen molar-refractivity contribution in [3.8, 4) is 5.75 Å². The van der Waals surface area contributed by atoms with E-state index < -0.39 is 0 Å². The first-order valence-corrected chi connectivity index (χ1v) is 7.92. The summed E-state index contributed by atoms with van der Waals surface area (Å²) < 4.78 is 7.12. The molecule has 0 aliphatic heterocycles. The van der Waals surface area contributed by atoms with Gasteiger partial charge in [0.15, 0.2) is 5.78 Å². The van der Waals surface area contributed by atoms with Crippen LogP contribution in [0.15, 0.2) is 36.9 Å². The van der Waals surface area contributed by atoms with Gasteiger partial charge in [0.2, 0.25) is 5.91 Å². The number of ether oxygens (including phenoxy) is 1. The van der Waals surface area contributed by atoms with Crippen LogP contribution >= 0.6 is 0 Å². The fourth-order valence-electron chi connectivity index (χ4n) is 2.51. The van der Waals surface area contributed by atoms with Crippen LogP contribution in [0.5, 0.6) is 5.75 Å². The number of carbonyl (C=O) groups excluding carboxylic acids is 2. The van der Waals surface area contributed by atoms with Crippen molar-refractivity contribution in [1.82, 2.24) is 14.9 Å². The highest BCUT2D eigenvalue weighted by Gasteiger charge is 2.15. The van der Waals surface area contributed by atoms with Gasteiger partial charge in [-0.15, -0.1) is 0 Å². The van der Waals surface area contributed by atoms with Crippen LogP contribution < -0.4 is 10.1 Å². The molecule has 1 aromatic heterocycles. The van der Waals surface area contributed by atoms with Crippen LogP contribution in [-0.4, -0.2) is 34.4 Å². The number of hydrogen-bond donors (Lipinski definition) is 1. The highest BCUT2D eigenvalue weighted by Crippen LogP contribution is 2.21. The van der Waals surface area contributed by atoms with Crippen molar-refractivity contribution < 1.29 is 14.3 Å². The van der Waals surface area contributed by atoms with Crippen molar-refractivity contribution in [3.63, 3.8) is 0 Å². The summed E-state index contributed by atoms with van der Waals surface area (Å²) in [7, 11) is 1.53. The Bertz CT molecular complexity index is 696. The van der Waals surface area contributed by atoms with Crippen molar-refractivity contribution in [2.75, 3.05) is 7.11 Å². The zero-order valence-electron chi connectivity index (χ0n) is 14.3. The van der Waals surface area contributed by atoms with Crippen molar-refractivity contribution in [3.05, 3.63) is 48.0 Å². The summed E-state index contributed by atoms with van der Waals surface area (Å²) in [6.07, 6.45) is 5.56. The van der Waals surface area contributed by atoms with Gasteiger partial charge in [0.1, 0.15) is 5.75 Å².